The topological polar surface area (TPSA) is 127 Å². The number of hydrazone groups is 1. The highest BCUT2D eigenvalue weighted by Crippen LogP contribution is 2.29. The fourth-order valence-electron chi connectivity index (χ4n) is 3.21. The number of nitrogens with one attached hydrogen (secondary N) is 3. The van der Waals surface area contributed by atoms with Crippen LogP contribution >= 0.6 is 12.2 Å². The summed E-state index contributed by atoms with van der Waals surface area (Å²) in [5.74, 6) is 0.655. The summed E-state index contributed by atoms with van der Waals surface area (Å²) >= 11 is 5.21. The van der Waals surface area contributed by atoms with Crippen LogP contribution in [0.3, 0.4) is 0 Å². The molecule has 0 saturated carbocycles. The zero-order valence-electron chi connectivity index (χ0n) is 17.5. The molecule has 166 valence electrons. The minimum absolute atomic E-state index is 0.0872. The van der Waals surface area contributed by atoms with E-state index < -0.39 is 16.9 Å². The van der Waals surface area contributed by atoms with Gasteiger partial charge in [-0.05, 0) is 36.8 Å². The smallest absolute Gasteiger partial charge is 0.271 e. The molecule has 1 amide bonds. The molecule has 3 rings (SSSR count). The summed E-state index contributed by atoms with van der Waals surface area (Å²) in [6, 6.07) is 10.5. The van der Waals surface area contributed by atoms with Crippen LogP contribution in [0.25, 0.3) is 0 Å². The fourth-order valence-corrected chi connectivity index (χ4v) is 3.48. The molecular weight excluding hydrogens is 434 g/mol. The van der Waals surface area contributed by atoms with E-state index >= 15 is 0 Å². The number of allylic oxidation sites excluding steroid dienone is 1. The second-order valence-electron chi connectivity index (χ2n) is 6.73. The fraction of sp³-hybridized carbons (Fsp3) is 0.190. The van der Waals surface area contributed by atoms with E-state index in [-0.39, 0.29) is 5.69 Å². The predicted octanol–water partition coefficient (Wildman–Crippen LogP) is 2.56. The molecular formula is C21H21N5O5S. The van der Waals surface area contributed by atoms with Gasteiger partial charge >= 0.3 is 0 Å². The third-order valence-corrected chi connectivity index (χ3v) is 4.96. The number of carbonyl (C=O) groups is 1. The van der Waals surface area contributed by atoms with Crippen molar-refractivity contribution in [3.8, 4) is 11.5 Å². The number of ether oxygens (including phenoxy) is 2. The number of rotatable bonds is 7. The van der Waals surface area contributed by atoms with E-state index in [1.54, 1.807) is 44.4 Å². The summed E-state index contributed by atoms with van der Waals surface area (Å²) in [5, 5.41) is 21.4. The minimum Gasteiger partial charge on any atom is -0.497 e. The van der Waals surface area contributed by atoms with Gasteiger partial charge in [0.25, 0.3) is 11.6 Å². The van der Waals surface area contributed by atoms with Crippen LogP contribution in [-0.4, -0.2) is 36.4 Å². The van der Waals surface area contributed by atoms with Gasteiger partial charge in [-0.15, -0.1) is 0 Å². The van der Waals surface area contributed by atoms with Crippen molar-refractivity contribution >= 4 is 35.1 Å². The summed E-state index contributed by atoms with van der Waals surface area (Å²) in [7, 11) is 3.07. The Labute approximate surface area is 189 Å². The van der Waals surface area contributed by atoms with Crippen LogP contribution in [-0.2, 0) is 4.79 Å². The molecule has 0 bridgehead atoms. The molecule has 0 spiro atoms. The van der Waals surface area contributed by atoms with Crippen LogP contribution in [0.5, 0.6) is 11.5 Å². The third-order valence-electron chi connectivity index (χ3n) is 4.74. The van der Waals surface area contributed by atoms with Gasteiger partial charge in [0.15, 0.2) is 5.11 Å². The second kappa shape index (κ2) is 9.88. The molecule has 0 fully saturated rings. The standard InChI is InChI=1S/C21H21N5O5S/c1-12-18(19(24-21(32)23-12)13-5-4-6-15(9-13)26(28)29)20(27)25-22-11-14-7-8-16(30-2)10-17(14)31-3/h4-11,19H,1-3H3,(H,25,27)(H2,23,24,32)/b22-11+. The summed E-state index contributed by atoms with van der Waals surface area (Å²) < 4.78 is 10.5. The van der Waals surface area contributed by atoms with Crippen molar-refractivity contribution in [2.24, 2.45) is 5.10 Å². The van der Waals surface area contributed by atoms with Crippen molar-refractivity contribution in [1.29, 1.82) is 0 Å². The van der Waals surface area contributed by atoms with E-state index in [2.05, 4.69) is 21.2 Å². The number of hydrogen-bond acceptors (Lipinski definition) is 7. The molecule has 32 heavy (non-hydrogen) atoms. The zero-order valence-corrected chi connectivity index (χ0v) is 18.4. The first kappa shape index (κ1) is 22.7. The average Bonchev–Trinajstić information content (AvgIpc) is 2.78. The second-order valence-corrected chi connectivity index (χ2v) is 7.14. The summed E-state index contributed by atoms with van der Waals surface area (Å²) in [6.07, 6.45) is 1.45. The maximum Gasteiger partial charge on any atom is 0.271 e. The van der Waals surface area contributed by atoms with Crippen LogP contribution in [0, 0.1) is 10.1 Å². The molecule has 1 heterocycles. The van der Waals surface area contributed by atoms with Gasteiger partial charge in [0.05, 0.1) is 37.0 Å². The number of carbonyl (C=O) groups excluding carboxylic acids is 1. The molecule has 1 unspecified atom stereocenters. The van der Waals surface area contributed by atoms with Crippen LogP contribution in [0.1, 0.15) is 24.1 Å². The maximum atomic E-state index is 13.0. The molecule has 2 aromatic rings. The molecule has 0 aromatic heterocycles. The first-order valence-electron chi connectivity index (χ1n) is 9.42. The molecule has 11 heteroatoms. The highest BCUT2D eigenvalue weighted by atomic mass is 32.1. The number of thiocarbonyl (C=S) groups is 1. The van der Waals surface area contributed by atoms with E-state index in [1.807, 2.05) is 0 Å². The van der Waals surface area contributed by atoms with Gasteiger partial charge in [-0.25, -0.2) is 5.43 Å². The largest absolute Gasteiger partial charge is 0.497 e. The van der Waals surface area contributed by atoms with Gasteiger partial charge in [0, 0.05) is 29.5 Å². The van der Waals surface area contributed by atoms with Crippen molar-refractivity contribution in [2.45, 2.75) is 13.0 Å². The Morgan fingerprint density at radius 2 is 2.03 bits per heavy atom. The number of nitrogens with zero attached hydrogens (tertiary/aromatic N) is 2. The molecule has 3 N–H and O–H groups in total. The Bertz CT molecular complexity index is 1130. The molecule has 0 radical (unpaired) electrons. The first-order chi connectivity index (χ1) is 15.3. The van der Waals surface area contributed by atoms with Gasteiger partial charge in [-0.2, -0.15) is 5.10 Å². The lowest BCUT2D eigenvalue weighted by molar-refractivity contribution is -0.384. The number of nitro benzene ring substituents is 1. The lowest BCUT2D eigenvalue weighted by Gasteiger charge is -2.29. The van der Waals surface area contributed by atoms with Crippen molar-refractivity contribution in [2.75, 3.05) is 14.2 Å². The summed E-state index contributed by atoms with van der Waals surface area (Å²) in [6.45, 7) is 1.70. The number of non-ortho nitro benzene ring substituents is 1. The van der Waals surface area contributed by atoms with E-state index in [4.69, 9.17) is 21.7 Å². The Morgan fingerprint density at radius 1 is 1.25 bits per heavy atom. The first-order valence-corrected chi connectivity index (χ1v) is 9.83. The number of hydrogen-bond donors (Lipinski definition) is 3. The predicted molar refractivity (Wildman–Crippen MR) is 123 cm³/mol. The molecule has 0 aliphatic carbocycles. The molecule has 1 aliphatic heterocycles. The average molecular weight is 455 g/mol. The number of nitro groups is 1. The Hall–Kier alpha value is -3.99. The Kier molecular flexibility index (Phi) is 7.00. The SMILES string of the molecule is COc1ccc(/C=N/NC(=O)C2=C(C)NC(=S)NC2c2cccc([N+](=O)[O-])c2)c(OC)c1. The third kappa shape index (κ3) is 5.01. The molecule has 10 nitrogen and oxygen atoms in total. The van der Waals surface area contributed by atoms with Gasteiger partial charge in [-0.3, -0.25) is 14.9 Å². The maximum absolute atomic E-state index is 13.0. The van der Waals surface area contributed by atoms with E-state index in [0.717, 1.165) is 0 Å². The summed E-state index contributed by atoms with van der Waals surface area (Å²) in [5.41, 5.74) is 4.38. The minimum atomic E-state index is -0.686. The highest BCUT2D eigenvalue weighted by Gasteiger charge is 2.30. The van der Waals surface area contributed by atoms with Crippen molar-refractivity contribution < 1.29 is 19.2 Å². The monoisotopic (exact) mass is 455 g/mol. The van der Waals surface area contributed by atoms with E-state index in [9.17, 15) is 14.9 Å². The van der Waals surface area contributed by atoms with Gasteiger partial charge in [0.1, 0.15) is 11.5 Å². The van der Waals surface area contributed by atoms with E-state index in [1.165, 1.54) is 25.5 Å². The number of benzene rings is 2. The van der Waals surface area contributed by atoms with Crippen LogP contribution in [0.15, 0.2) is 58.8 Å². The van der Waals surface area contributed by atoms with Gasteiger partial charge < -0.3 is 20.1 Å². The number of methoxy groups -OCH3 is 2. The van der Waals surface area contributed by atoms with Crippen molar-refractivity contribution in [3.05, 3.63) is 75.0 Å². The highest BCUT2D eigenvalue weighted by molar-refractivity contribution is 7.80. The van der Waals surface area contributed by atoms with E-state index in [0.29, 0.717) is 39.0 Å². The molecule has 1 atom stereocenters. The number of amides is 1. The Balaban J connectivity index is 1.85. The quantitative estimate of drug-likeness (QED) is 0.252. The van der Waals surface area contributed by atoms with Crippen molar-refractivity contribution in [3.63, 3.8) is 0 Å². The van der Waals surface area contributed by atoms with Gasteiger partial charge in [-0.1, -0.05) is 12.1 Å². The molecule has 0 saturated heterocycles. The Morgan fingerprint density at radius 3 is 2.72 bits per heavy atom. The lowest BCUT2D eigenvalue weighted by Crippen LogP contribution is -2.46. The van der Waals surface area contributed by atoms with Crippen molar-refractivity contribution in [1.82, 2.24) is 16.1 Å². The van der Waals surface area contributed by atoms with Gasteiger partial charge in [0.2, 0.25) is 0 Å². The van der Waals surface area contributed by atoms with Crippen LogP contribution in [0.2, 0.25) is 0 Å². The van der Waals surface area contributed by atoms with Crippen LogP contribution < -0.4 is 25.5 Å². The van der Waals surface area contributed by atoms with Crippen LogP contribution in [0.4, 0.5) is 5.69 Å². The molecule has 1 aliphatic rings. The lowest BCUT2D eigenvalue weighted by atomic mass is 9.95. The zero-order chi connectivity index (χ0) is 23.3. The molecule has 2 aromatic carbocycles. The summed E-state index contributed by atoms with van der Waals surface area (Å²) in [4.78, 5) is 23.6. The normalized spacial score (nSPS) is 15.7.